The Labute approximate surface area is 170 Å². The number of ether oxygens (including phenoxy) is 2. The maximum Gasteiger partial charge on any atom is 0.326 e. The van der Waals surface area contributed by atoms with Crippen molar-refractivity contribution in [1.82, 2.24) is 0 Å². The molecular formula is C24H25NO4. The molecule has 0 saturated heterocycles. The topological polar surface area (TPSA) is 78.6 Å². The summed E-state index contributed by atoms with van der Waals surface area (Å²) in [6.45, 7) is 0.449. The molecule has 0 bridgehead atoms. The van der Waals surface area contributed by atoms with Crippen molar-refractivity contribution < 1.29 is 19.1 Å². The summed E-state index contributed by atoms with van der Waals surface area (Å²) in [5.74, 6) is -0.931. The first-order valence-corrected chi connectivity index (χ1v) is 10.2. The summed E-state index contributed by atoms with van der Waals surface area (Å²) in [4.78, 5) is 25.7. The van der Waals surface area contributed by atoms with Gasteiger partial charge in [0.2, 0.25) is 0 Å². The zero-order valence-electron chi connectivity index (χ0n) is 16.3. The quantitative estimate of drug-likeness (QED) is 0.765. The second-order valence-corrected chi connectivity index (χ2v) is 8.81. The molecule has 4 unspecified atom stereocenters. The predicted molar refractivity (Wildman–Crippen MR) is 106 cm³/mol. The maximum absolute atomic E-state index is 12.9. The number of nitrogens with two attached hydrogens (primary N) is 1. The normalized spacial score (nSPS) is 30.4. The molecule has 0 amide bonds. The first-order valence-electron chi connectivity index (χ1n) is 10.2. The van der Waals surface area contributed by atoms with Crippen LogP contribution >= 0.6 is 0 Å². The molecular weight excluding hydrogens is 366 g/mol. The average Bonchev–Trinajstić information content (AvgIpc) is 3.65. The minimum absolute atomic E-state index is 0.0294. The molecule has 4 atom stereocenters. The molecule has 2 aromatic rings. The molecule has 3 saturated carbocycles. The third kappa shape index (κ3) is 3.14. The van der Waals surface area contributed by atoms with Gasteiger partial charge in [-0.15, -0.1) is 0 Å². The van der Waals surface area contributed by atoms with Crippen LogP contribution in [0.15, 0.2) is 60.7 Å². The lowest BCUT2D eigenvalue weighted by atomic mass is 9.86. The lowest BCUT2D eigenvalue weighted by Crippen LogP contribution is -2.51. The number of carbonyl (C=O) groups is 2. The number of carbonyl (C=O) groups excluding carboxylic acids is 2. The Morgan fingerprint density at radius 3 is 1.97 bits per heavy atom. The molecule has 3 aliphatic rings. The zero-order chi connectivity index (χ0) is 20.1. The fraction of sp³-hybridized carbons (Fsp3) is 0.417. The highest BCUT2D eigenvalue weighted by atomic mass is 16.5. The van der Waals surface area contributed by atoms with Crippen molar-refractivity contribution in [3.63, 3.8) is 0 Å². The highest BCUT2D eigenvalue weighted by Crippen LogP contribution is 2.78. The summed E-state index contributed by atoms with van der Waals surface area (Å²) in [5.41, 5.74) is 7.44. The van der Waals surface area contributed by atoms with Crippen LogP contribution in [0, 0.1) is 23.2 Å². The van der Waals surface area contributed by atoms with E-state index in [1.54, 1.807) is 0 Å². The molecule has 0 aromatic heterocycles. The van der Waals surface area contributed by atoms with E-state index in [1.807, 2.05) is 60.7 Å². The number of rotatable bonds is 6. The van der Waals surface area contributed by atoms with Gasteiger partial charge < -0.3 is 15.2 Å². The molecule has 0 radical (unpaired) electrons. The van der Waals surface area contributed by atoms with Gasteiger partial charge in [0.15, 0.2) is 0 Å². The summed E-state index contributed by atoms with van der Waals surface area (Å²) >= 11 is 0. The van der Waals surface area contributed by atoms with E-state index >= 15 is 0 Å². The van der Waals surface area contributed by atoms with Gasteiger partial charge in [-0.1, -0.05) is 60.7 Å². The summed E-state index contributed by atoms with van der Waals surface area (Å²) in [6, 6.07) is 19.2. The summed E-state index contributed by atoms with van der Waals surface area (Å²) in [6.07, 6.45) is 2.68. The Morgan fingerprint density at radius 2 is 1.41 bits per heavy atom. The smallest absolute Gasteiger partial charge is 0.326 e. The monoisotopic (exact) mass is 391 g/mol. The number of esters is 2. The summed E-state index contributed by atoms with van der Waals surface area (Å²) < 4.78 is 11.1. The number of hydrogen-bond donors (Lipinski definition) is 1. The third-order valence-electron chi connectivity index (χ3n) is 6.95. The van der Waals surface area contributed by atoms with Gasteiger partial charge in [-0.3, -0.25) is 9.59 Å². The molecule has 5 rings (SSSR count). The molecule has 3 aliphatic carbocycles. The van der Waals surface area contributed by atoms with Gasteiger partial charge in [0, 0.05) is 5.92 Å². The van der Waals surface area contributed by atoms with E-state index in [2.05, 4.69) is 0 Å². The van der Waals surface area contributed by atoms with E-state index < -0.39 is 11.5 Å². The van der Waals surface area contributed by atoms with Crippen molar-refractivity contribution in [3.8, 4) is 0 Å². The Bertz CT molecular complexity index is 924. The highest BCUT2D eigenvalue weighted by Gasteiger charge is 2.81. The third-order valence-corrected chi connectivity index (χ3v) is 6.95. The summed E-state index contributed by atoms with van der Waals surface area (Å²) in [7, 11) is 0. The Morgan fingerprint density at radius 1 is 0.862 bits per heavy atom. The van der Waals surface area contributed by atoms with E-state index in [9.17, 15) is 9.59 Å². The van der Waals surface area contributed by atoms with Crippen molar-refractivity contribution in [2.45, 2.75) is 38.0 Å². The van der Waals surface area contributed by atoms with Crippen LogP contribution in [0.4, 0.5) is 0 Å². The number of benzene rings is 2. The molecule has 150 valence electrons. The van der Waals surface area contributed by atoms with E-state index in [0.29, 0.717) is 6.42 Å². The molecule has 29 heavy (non-hydrogen) atoms. The van der Waals surface area contributed by atoms with Gasteiger partial charge in [0.25, 0.3) is 0 Å². The van der Waals surface area contributed by atoms with Crippen molar-refractivity contribution in [2.75, 3.05) is 0 Å². The molecule has 3 fully saturated rings. The van der Waals surface area contributed by atoms with Crippen molar-refractivity contribution in [3.05, 3.63) is 71.8 Å². The largest absolute Gasteiger partial charge is 0.461 e. The van der Waals surface area contributed by atoms with Crippen LogP contribution in [0.5, 0.6) is 0 Å². The lowest BCUT2D eigenvalue weighted by molar-refractivity contribution is -0.154. The fourth-order valence-corrected chi connectivity index (χ4v) is 5.39. The molecule has 1 spiro atoms. The average molecular weight is 391 g/mol. The number of hydrogen-bond acceptors (Lipinski definition) is 5. The number of fused-ring (bicyclic) bond motifs is 2. The van der Waals surface area contributed by atoms with E-state index in [4.69, 9.17) is 15.2 Å². The first-order chi connectivity index (χ1) is 14.0. The van der Waals surface area contributed by atoms with Crippen LogP contribution in [0.25, 0.3) is 0 Å². The van der Waals surface area contributed by atoms with Gasteiger partial charge >= 0.3 is 11.9 Å². The van der Waals surface area contributed by atoms with Crippen molar-refractivity contribution >= 4 is 11.9 Å². The van der Waals surface area contributed by atoms with Crippen LogP contribution < -0.4 is 5.73 Å². The molecule has 0 aliphatic heterocycles. The van der Waals surface area contributed by atoms with Gasteiger partial charge in [0.1, 0.15) is 18.8 Å². The minimum Gasteiger partial charge on any atom is -0.461 e. The molecule has 0 heterocycles. The molecule has 2 aromatic carbocycles. The van der Waals surface area contributed by atoms with Crippen LogP contribution in [0.3, 0.4) is 0 Å². The standard InChI is InChI=1S/C24H25NO4/c25-24(22(27)29-14-17-9-5-2-6-10-17)15-23(11-12-23)19-18(20(19)24)21(26)28-13-16-7-3-1-4-8-16/h1-10,18-20H,11-15,25H2. The lowest BCUT2D eigenvalue weighted by Gasteiger charge is -2.27. The molecule has 5 heteroatoms. The van der Waals surface area contributed by atoms with Gasteiger partial charge in [-0.05, 0) is 41.7 Å². The van der Waals surface area contributed by atoms with Gasteiger partial charge in [-0.2, -0.15) is 0 Å². The second kappa shape index (κ2) is 6.70. The van der Waals surface area contributed by atoms with E-state index in [0.717, 1.165) is 24.0 Å². The second-order valence-electron chi connectivity index (χ2n) is 8.81. The SMILES string of the molecule is NC1(C(=O)OCc2ccccc2)CC2(CC2)C2C(C(=O)OCc3ccccc3)C21. The van der Waals surface area contributed by atoms with Crippen LogP contribution in [-0.4, -0.2) is 17.5 Å². The summed E-state index contributed by atoms with van der Waals surface area (Å²) in [5, 5.41) is 0. The zero-order valence-corrected chi connectivity index (χ0v) is 16.3. The fourth-order valence-electron chi connectivity index (χ4n) is 5.39. The van der Waals surface area contributed by atoms with Crippen molar-refractivity contribution in [2.24, 2.45) is 28.9 Å². The first kappa shape index (κ1) is 18.4. The Balaban J connectivity index is 1.26. The van der Waals surface area contributed by atoms with Gasteiger partial charge in [0.05, 0.1) is 5.92 Å². The van der Waals surface area contributed by atoms with Crippen molar-refractivity contribution in [1.29, 1.82) is 0 Å². The maximum atomic E-state index is 12.9. The van der Waals surface area contributed by atoms with Crippen LogP contribution in [0.1, 0.15) is 30.4 Å². The molecule has 5 nitrogen and oxygen atoms in total. The predicted octanol–water partition coefficient (Wildman–Crippen LogP) is 3.22. The molecule has 2 N–H and O–H groups in total. The Kier molecular flexibility index (Phi) is 4.24. The van der Waals surface area contributed by atoms with Crippen LogP contribution in [-0.2, 0) is 32.3 Å². The van der Waals surface area contributed by atoms with E-state index in [1.165, 1.54) is 0 Å². The Hall–Kier alpha value is -2.66. The van der Waals surface area contributed by atoms with Crippen LogP contribution in [0.2, 0.25) is 0 Å². The minimum atomic E-state index is -1.09. The van der Waals surface area contributed by atoms with Gasteiger partial charge in [-0.25, -0.2) is 0 Å². The highest BCUT2D eigenvalue weighted by molar-refractivity contribution is 5.87. The van der Waals surface area contributed by atoms with E-state index in [-0.39, 0.29) is 42.4 Å².